The molecule has 0 bridgehead atoms. The minimum absolute atomic E-state index is 0.0728. The van der Waals surface area contributed by atoms with E-state index >= 15 is 0 Å². The van der Waals surface area contributed by atoms with Gasteiger partial charge in [-0.05, 0) is 37.6 Å². The van der Waals surface area contributed by atoms with Gasteiger partial charge in [0.1, 0.15) is 5.75 Å². The first-order chi connectivity index (χ1) is 9.84. The third kappa shape index (κ3) is 6.93. The van der Waals surface area contributed by atoms with Crippen molar-refractivity contribution in [2.24, 2.45) is 5.92 Å². The van der Waals surface area contributed by atoms with E-state index in [0.29, 0.717) is 19.1 Å². The highest BCUT2D eigenvalue weighted by Crippen LogP contribution is 2.18. The predicted octanol–water partition coefficient (Wildman–Crippen LogP) is 1.92. The van der Waals surface area contributed by atoms with Crippen LogP contribution in [0.3, 0.4) is 0 Å². The number of hydrogen-bond acceptors (Lipinski definition) is 4. The number of nitrogens with one attached hydrogen (secondary N) is 2. The van der Waals surface area contributed by atoms with Crippen molar-refractivity contribution in [3.63, 3.8) is 0 Å². The molecule has 0 aliphatic rings. The summed E-state index contributed by atoms with van der Waals surface area (Å²) in [5.74, 6) is 1.43. The summed E-state index contributed by atoms with van der Waals surface area (Å²) in [5, 5.41) is 3.20. The zero-order chi connectivity index (χ0) is 15.9. The minimum atomic E-state index is -3.15. The second kappa shape index (κ2) is 8.36. The summed E-state index contributed by atoms with van der Waals surface area (Å²) in [7, 11) is -1.73. The molecule has 5 nitrogen and oxygen atoms in total. The van der Waals surface area contributed by atoms with Crippen LogP contribution in [0.4, 0.5) is 0 Å². The van der Waals surface area contributed by atoms with Crippen LogP contribution >= 0.6 is 0 Å². The number of hydrogen-bond donors (Lipinski definition) is 2. The van der Waals surface area contributed by atoms with E-state index in [-0.39, 0.29) is 11.8 Å². The van der Waals surface area contributed by atoms with E-state index in [4.69, 9.17) is 4.74 Å². The van der Waals surface area contributed by atoms with Crippen LogP contribution in [0.5, 0.6) is 5.75 Å². The maximum Gasteiger partial charge on any atom is 0.212 e. The van der Waals surface area contributed by atoms with Gasteiger partial charge in [-0.15, -0.1) is 0 Å². The molecule has 1 aromatic carbocycles. The first-order valence-electron chi connectivity index (χ1n) is 7.21. The lowest BCUT2D eigenvalue weighted by molar-refractivity contribution is 0.271. The Kier molecular flexibility index (Phi) is 7.14. The smallest absolute Gasteiger partial charge is 0.212 e. The molecule has 0 saturated carbocycles. The second-order valence-electron chi connectivity index (χ2n) is 5.47. The Morgan fingerprint density at radius 2 is 1.76 bits per heavy atom. The lowest BCUT2D eigenvalue weighted by Crippen LogP contribution is -2.30. The molecule has 0 aromatic heterocycles. The van der Waals surface area contributed by atoms with Gasteiger partial charge < -0.3 is 10.1 Å². The third-order valence-corrected chi connectivity index (χ3v) is 4.46. The molecule has 0 aliphatic heterocycles. The molecule has 0 aliphatic carbocycles. The van der Waals surface area contributed by atoms with E-state index in [1.54, 1.807) is 0 Å². The van der Waals surface area contributed by atoms with Gasteiger partial charge in [-0.1, -0.05) is 26.0 Å². The predicted molar refractivity (Wildman–Crippen MR) is 86.0 cm³/mol. The molecular formula is C15H26N2O3S. The highest BCUT2D eigenvalue weighted by Gasteiger charge is 2.09. The van der Waals surface area contributed by atoms with Gasteiger partial charge in [0.2, 0.25) is 10.0 Å². The van der Waals surface area contributed by atoms with Crippen molar-refractivity contribution in [3.05, 3.63) is 29.8 Å². The first kappa shape index (κ1) is 17.9. The van der Waals surface area contributed by atoms with Crippen molar-refractivity contribution >= 4 is 10.0 Å². The molecule has 1 unspecified atom stereocenters. The van der Waals surface area contributed by atoms with Crippen molar-refractivity contribution in [2.45, 2.75) is 26.8 Å². The van der Waals surface area contributed by atoms with Gasteiger partial charge in [0.25, 0.3) is 0 Å². The molecule has 0 saturated heterocycles. The van der Waals surface area contributed by atoms with E-state index in [1.165, 1.54) is 7.05 Å². The summed E-state index contributed by atoms with van der Waals surface area (Å²) in [6, 6.07) is 7.98. The Morgan fingerprint density at radius 3 is 2.29 bits per heavy atom. The topological polar surface area (TPSA) is 67.4 Å². The highest BCUT2D eigenvalue weighted by molar-refractivity contribution is 7.89. The van der Waals surface area contributed by atoms with Crippen LogP contribution in [0.25, 0.3) is 0 Å². The normalized spacial score (nSPS) is 13.4. The summed E-state index contributed by atoms with van der Waals surface area (Å²) < 4.78 is 30.6. The fourth-order valence-corrected chi connectivity index (χ4v) is 2.34. The van der Waals surface area contributed by atoms with Crippen LogP contribution < -0.4 is 14.8 Å². The summed E-state index contributed by atoms with van der Waals surface area (Å²) in [4.78, 5) is 0. The van der Waals surface area contributed by atoms with E-state index in [9.17, 15) is 8.42 Å². The fourth-order valence-electron chi connectivity index (χ4n) is 1.75. The molecule has 21 heavy (non-hydrogen) atoms. The lowest BCUT2D eigenvalue weighted by Gasteiger charge is -2.15. The second-order valence-corrected chi connectivity index (χ2v) is 7.52. The Labute approximate surface area is 128 Å². The fraction of sp³-hybridized carbons (Fsp3) is 0.600. The van der Waals surface area contributed by atoms with Crippen molar-refractivity contribution in [2.75, 3.05) is 26.0 Å². The summed E-state index contributed by atoms with van der Waals surface area (Å²) in [6.07, 6.45) is 0. The van der Waals surface area contributed by atoms with Crippen molar-refractivity contribution < 1.29 is 13.2 Å². The number of sulfonamides is 1. The molecule has 0 radical (unpaired) electrons. The SMILES string of the molecule is CNS(=O)(=O)CCNC(C)c1ccc(OCC(C)C)cc1. The summed E-state index contributed by atoms with van der Waals surface area (Å²) in [5.41, 5.74) is 1.11. The lowest BCUT2D eigenvalue weighted by atomic mass is 10.1. The van der Waals surface area contributed by atoms with Crippen LogP contribution in [0.2, 0.25) is 0 Å². The number of ether oxygens (including phenoxy) is 1. The van der Waals surface area contributed by atoms with Crippen LogP contribution in [0.15, 0.2) is 24.3 Å². The Bertz CT molecular complexity index is 512. The van der Waals surface area contributed by atoms with Crippen molar-refractivity contribution in [1.82, 2.24) is 10.0 Å². The first-order valence-corrected chi connectivity index (χ1v) is 8.86. The molecule has 1 aromatic rings. The van der Waals surface area contributed by atoms with Gasteiger partial charge >= 0.3 is 0 Å². The minimum Gasteiger partial charge on any atom is -0.493 e. The highest BCUT2D eigenvalue weighted by atomic mass is 32.2. The summed E-state index contributed by atoms with van der Waals surface area (Å²) in [6.45, 7) is 7.35. The van der Waals surface area contributed by atoms with Crippen LogP contribution in [-0.4, -0.2) is 34.4 Å². The maximum absolute atomic E-state index is 11.3. The van der Waals surface area contributed by atoms with Gasteiger partial charge in [0.15, 0.2) is 0 Å². The van der Waals surface area contributed by atoms with Gasteiger partial charge in [0.05, 0.1) is 12.4 Å². The van der Waals surface area contributed by atoms with E-state index in [2.05, 4.69) is 23.9 Å². The van der Waals surface area contributed by atoms with Gasteiger partial charge in [-0.25, -0.2) is 13.1 Å². The number of benzene rings is 1. The van der Waals surface area contributed by atoms with Crippen molar-refractivity contribution in [3.8, 4) is 5.75 Å². The quantitative estimate of drug-likeness (QED) is 0.731. The standard InChI is InChI=1S/C15H26N2O3S/c1-12(2)11-20-15-7-5-14(6-8-15)13(3)17-9-10-21(18,19)16-4/h5-8,12-13,16-17H,9-11H2,1-4H3. The van der Waals surface area contributed by atoms with Crippen LogP contribution in [-0.2, 0) is 10.0 Å². The Morgan fingerprint density at radius 1 is 1.14 bits per heavy atom. The third-order valence-electron chi connectivity index (χ3n) is 3.10. The van der Waals surface area contributed by atoms with Crippen LogP contribution in [0, 0.1) is 5.92 Å². The molecule has 6 heteroatoms. The zero-order valence-corrected chi connectivity index (χ0v) is 14.0. The molecule has 2 N–H and O–H groups in total. The Balaban J connectivity index is 2.46. The van der Waals surface area contributed by atoms with Gasteiger partial charge in [-0.2, -0.15) is 0 Å². The largest absolute Gasteiger partial charge is 0.493 e. The zero-order valence-electron chi connectivity index (χ0n) is 13.2. The van der Waals surface area contributed by atoms with Crippen molar-refractivity contribution in [1.29, 1.82) is 0 Å². The van der Waals surface area contributed by atoms with E-state index in [0.717, 1.165) is 11.3 Å². The van der Waals surface area contributed by atoms with E-state index < -0.39 is 10.0 Å². The Hall–Kier alpha value is -1.11. The molecule has 120 valence electrons. The monoisotopic (exact) mass is 314 g/mol. The molecule has 1 rings (SSSR count). The van der Waals surface area contributed by atoms with Gasteiger partial charge in [-0.3, -0.25) is 0 Å². The van der Waals surface area contributed by atoms with E-state index in [1.807, 2.05) is 31.2 Å². The number of rotatable bonds is 9. The molecule has 0 fully saturated rings. The van der Waals surface area contributed by atoms with Gasteiger partial charge in [0, 0.05) is 12.6 Å². The molecule has 0 amide bonds. The molecule has 0 heterocycles. The van der Waals surface area contributed by atoms with Crippen LogP contribution in [0.1, 0.15) is 32.4 Å². The maximum atomic E-state index is 11.3. The average molecular weight is 314 g/mol. The average Bonchev–Trinajstić information content (AvgIpc) is 2.45. The molecular weight excluding hydrogens is 288 g/mol. The molecule has 1 atom stereocenters. The summed E-state index contributed by atoms with van der Waals surface area (Å²) >= 11 is 0. The molecule has 0 spiro atoms.